The minimum atomic E-state index is -4.73. The summed E-state index contributed by atoms with van der Waals surface area (Å²) in [6.45, 7) is 5.59. The van der Waals surface area contributed by atoms with Gasteiger partial charge in [0.15, 0.2) is 6.10 Å². The number of carbonyl (C=O) groups excluding carboxylic acids is 1. The summed E-state index contributed by atoms with van der Waals surface area (Å²) in [6.07, 6.45) is -5.77. The SMILES string of the molecule is CC(c1nnc(-c2ccccc2)o1)N1CC(C)(C)C(Oc2ccc(C#N)c(C(F)(F)F)c2)C1=O. The highest BCUT2D eigenvalue weighted by Gasteiger charge is 2.50. The summed E-state index contributed by atoms with van der Waals surface area (Å²) >= 11 is 0. The Morgan fingerprint density at radius 1 is 1.21 bits per heavy atom. The standard InChI is InChI=1S/C24H21F3N4O3/c1-14(20-29-30-21(34-20)15-7-5-4-6-8-15)31-13-23(2,3)19(22(31)32)33-17-10-9-16(12-28)18(11-17)24(25,26)27/h4-11,14,19H,13H2,1-3H3. The predicted molar refractivity (Wildman–Crippen MR) is 114 cm³/mol. The van der Waals surface area contributed by atoms with Crippen molar-refractivity contribution in [1.82, 2.24) is 15.1 Å². The number of halogens is 3. The van der Waals surface area contributed by atoms with Gasteiger partial charge in [0.05, 0.1) is 17.2 Å². The van der Waals surface area contributed by atoms with Crippen LogP contribution in [0.25, 0.3) is 11.5 Å². The molecule has 7 nitrogen and oxygen atoms in total. The van der Waals surface area contributed by atoms with Gasteiger partial charge in [0.1, 0.15) is 11.8 Å². The summed E-state index contributed by atoms with van der Waals surface area (Å²) in [6, 6.07) is 13.2. The van der Waals surface area contributed by atoms with E-state index < -0.39 is 40.8 Å². The average Bonchev–Trinajstić information content (AvgIpc) is 3.38. The minimum absolute atomic E-state index is 0.142. The van der Waals surface area contributed by atoms with Crippen LogP contribution in [0.2, 0.25) is 0 Å². The highest BCUT2D eigenvalue weighted by Crippen LogP contribution is 2.40. The average molecular weight is 470 g/mol. The lowest BCUT2D eigenvalue weighted by Gasteiger charge is -2.25. The highest BCUT2D eigenvalue weighted by molar-refractivity contribution is 5.85. The second-order valence-electron chi connectivity index (χ2n) is 8.76. The van der Waals surface area contributed by atoms with Gasteiger partial charge in [-0.15, -0.1) is 10.2 Å². The number of hydrogen-bond acceptors (Lipinski definition) is 6. The van der Waals surface area contributed by atoms with Gasteiger partial charge < -0.3 is 14.1 Å². The fourth-order valence-electron chi connectivity index (χ4n) is 3.92. The molecule has 0 spiro atoms. The minimum Gasteiger partial charge on any atom is -0.480 e. The molecule has 0 N–H and O–H groups in total. The number of benzene rings is 2. The Kier molecular flexibility index (Phi) is 5.81. The lowest BCUT2D eigenvalue weighted by Crippen LogP contribution is -2.37. The van der Waals surface area contributed by atoms with Crippen molar-refractivity contribution < 1.29 is 27.1 Å². The maximum Gasteiger partial charge on any atom is 0.417 e. The van der Waals surface area contributed by atoms with E-state index in [2.05, 4.69) is 10.2 Å². The Bertz CT molecular complexity index is 1250. The van der Waals surface area contributed by atoms with Gasteiger partial charge in [-0.1, -0.05) is 32.0 Å². The first-order valence-electron chi connectivity index (χ1n) is 10.5. The van der Waals surface area contributed by atoms with Crippen LogP contribution in [0.3, 0.4) is 0 Å². The number of rotatable bonds is 5. The molecule has 1 aromatic heterocycles. The van der Waals surface area contributed by atoms with Crippen LogP contribution in [0.5, 0.6) is 5.75 Å². The third kappa shape index (κ3) is 4.33. The molecule has 176 valence electrons. The smallest absolute Gasteiger partial charge is 0.417 e. The van der Waals surface area contributed by atoms with E-state index in [0.29, 0.717) is 5.89 Å². The van der Waals surface area contributed by atoms with E-state index in [9.17, 15) is 18.0 Å². The molecule has 0 radical (unpaired) electrons. The van der Waals surface area contributed by atoms with Gasteiger partial charge in [-0.2, -0.15) is 18.4 Å². The first kappa shape index (κ1) is 23.3. The van der Waals surface area contributed by atoms with Crippen molar-refractivity contribution in [2.75, 3.05) is 6.54 Å². The van der Waals surface area contributed by atoms with Gasteiger partial charge >= 0.3 is 6.18 Å². The summed E-state index contributed by atoms with van der Waals surface area (Å²) in [4.78, 5) is 14.8. The monoisotopic (exact) mass is 470 g/mol. The molecule has 34 heavy (non-hydrogen) atoms. The van der Waals surface area contributed by atoms with E-state index in [1.807, 2.05) is 30.3 Å². The highest BCUT2D eigenvalue weighted by atomic mass is 19.4. The molecule has 2 unspecified atom stereocenters. The van der Waals surface area contributed by atoms with E-state index in [-0.39, 0.29) is 18.2 Å². The number of nitriles is 1. The maximum atomic E-state index is 13.3. The number of carbonyl (C=O) groups is 1. The molecule has 2 aromatic carbocycles. The summed E-state index contributed by atoms with van der Waals surface area (Å²) in [5, 5.41) is 17.1. The maximum absolute atomic E-state index is 13.3. The van der Waals surface area contributed by atoms with Crippen LogP contribution in [0.1, 0.15) is 43.8 Å². The molecule has 10 heteroatoms. The molecule has 0 saturated carbocycles. The Hall–Kier alpha value is -3.87. The van der Waals surface area contributed by atoms with Gasteiger partial charge in [-0.05, 0) is 37.3 Å². The molecule has 1 fully saturated rings. The Labute approximate surface area is 193 Å². The number of alkyl halides is 3. The number of ether oxygens (including phenoxy) is 1. The zero-order valence-corrected chi connectivity index (χ0v) is 18.6. The van der Waals surface area contributed by atoms with Gasteiger partial charge in [0.25, 0.3) is 5.91 Å². The molecule has 0 bridgehead atoms. The van der Waals surface area contributed by atoms with Gasteiger partial charge in [0.2, 0.25) is 11.8 Å². The molecule has 2 heterocycles. The zero-order valence-electron chi connectivity index (χ0n) is 18.6. The van der Waals surface area contributed by atoms with Crippen molar-refractivity contribution >= 4 is 5.91 Å². The van der Waals surface area contributed by atoms with Crippen molar-refractivity contribution in [2.24, 2.45) is 5.41 Å². The number of aromatic nitrogens is 2. The third-order valence-corrected chi connectivity index (χ3v) is 5.75. The normalized spacial score (nSPS) is 18.6. The molecule has 4 rings (SSSR count). The second-order valence-corrected chi connectivity index (χ2v) is 8.76. The lowest BCUT2D eigenvalue weighted by molar-refractivity contribution is -0.138. The van der Waals surface area contributed by atoms with E-state index in [0.717, 1.165) is 17.7 Å². The molecule has 1 amide bonds. The summed E-state index contributed by atoms with van der Waals surface area (Å²) in [5.74, 6) is 0.00564. The molecule has 1 saturated heterocycles. The molecule has 0 aliphatic carbocycles. The fraction of sp³-hybridized carbons (Fsp3) is 0.333. The van der Waals surface area contributed by atoms with E-state index in [1.165, 1.54) is 17.0 Å². The van der Waals surface area contributed by atoms with Crippen LogP contribution in [0.4, 0.5) is 13.2 Å². The predicted octanol–water partition coefficient (Wildman–Crippen LogP) is 5.00. The van der Waals surface area contributed by atoms with E-state index >= 15 is 0 Å². The topological polar surface area (TPSA) is 92.2 Å². The van der Waals surface area contributed by atoms with Crippen LogP contribution in [0.15, 0.2) is 52.9 Å². The lowest BCUT2D eigenvalue weighted by atomic mass is 9.89. The van der Waals surface area contributed by atoms with Crippen LogP contribution < -0.4 is 4.74 Å². The quantitative estimate of drug-likeness (QED) is 0.521. The molecule has 1 aliphatic heterocycles. The first-order chi connectivity index (χ1) is 16.0. The van der Waals surface area contributed by atoms with Crippen LogP contribution in [-0.2, 0) is 11.0 Å². The fourth-order valence-corrected chi connectivity index (χ4v) is 3.92. The van der Waals surface area contributed by atoms with Crippen molar-refractivity contribution in [1.29, 1.82) is 5.26 Å². The number of amides is 1. The van der Waals surface area contributed by atoms with Crippen LogP contribution >= 0.6 is 0 Å². The van der Waals surface area contributed by atoms with Crippen LogP contribution in [-0.4, -0.2) is 33.7 Å². The van der Waals surface area contributed by atoms with Crippen molar-refractivity contribution in [3.63, 3.8) is 0 Å². The van der Waals surface area contributed by atoms with E-state index in [4.69, 9.17) is 14.4 Å². The van der Waals surface area contributed by atoms with Crippen molar-refractivity contribution in [3.05, 3.63) is 65.5 Å². The molecule has 1 aliphatic rings. The first-order valence-corrected chi connectivity index (χ1v) is 10.5. The van der Waals surface area contributed by atoms with Crippen LogP contribution in [0, 0.1) is 16.7 Å². The van der Waals surface area contributed by atoms with Gasteiger partial charge in [-0.25, -0.2) is 0 Å². The summed E-state index contributed by atoms with van der Waals surface area (Å²) < 4.78 is 51.5. The van der Waals surface area contributed by atoms with E-state index in [1.54, 1.807) is 20.8 Å². The zero-order chi connectivity index (χ0) is 24.7. The molecular formula is C24H21F3N4O3. The second kappa shape index (κ2) is 8.48. The Morgan fingerprint density at radius 3 is 2.56 bits per heavy atom. The molecular weight excluding hydrogens is 449 g/mol. The molecule has 3 aromatic rings. The number of likely N-dealkylation sites (tertiary alicyclic amines) is 1. The van der Waals surface area contributed by atoms with Gasteiger partial charge in [0, 0.05) is 17.5 Å². The molecule has 2 atom stereocenters. The van der Waals surface area contributed by atoms with Gasteiger partial charge in [-0.3, -0.25) is 4.79 Å². The van der Waals surface area contributed by atoms with Crippen molar-refractivity contribution in [2.45, 2.75) is 39.1 Å². The number of nitrogens with zero attached hydrogens (tertiary/aromatic N) is 4. The number of hydrogen-bond donors (Lipinski definition) is 0. The van der Waals surface area contributed by atoms with Crippen molar-refractivity contribution in [3.8, 4) is 23.3 Å². The largest absolute Gasteiger partial charge is 0.480 e. The Balaban J connectivity index is 1.57. The third-order valence-electron chi connectivity index (χ3n) is 5.75. The summed E-state index contributed by atoms with van der Waals surface area (Å²) in [7, 11) is 0. The summed E-state index contributed by atoms with van der Waals surface area (Å²) in [5.41, 5.74) is -1.61. The Morgan fingerprint density at radius 2 is 1.91 bits per heavy atom.